The van der Waals surface area contributed by atoms with E-state index in [4.69, 9.17) is 0 Å². The van der Waals surface area contributed by atoms with E-state index in [1.807, 2.05) is 32.0 Å². The molecule has 0 unspecified atom stereocenters. The molecule has 2 aromatic rings. The molecule has 3 rings (SSSR count). The molecule has 0 radical (unpaired) electrons. The number of para-hydroxylation sites is 1. The fourth-order valence-electron chi connectivity index (χ4n) is 2.66. The third-order valence-corrected chi connectivity index (χ3v) is 5.05. The van der Waals surface area contributed by atoms with Gasteiger partial charge in [-0.25, -0.2) is 0 Å². The number of amides is 1. The predicted octanol–water partition coefficient (Wildman–Crippen LogP) is 3.52. The van der Waals surface area contributed by atoms with Gasteiger partial charge in [-0.2, -0.15) is 0 Å². The minimum absolute atomic E-state index is 0.00831. The summed E-state index contributed by atoms with van der Waals surface area (Å²) in [5.41, 5.74) is 3.07. The van der Waals surface area contributed by atoms with Crippen LogP contribution in [-0.2, 0) is 11.3 Å². The van der Waals surface area contributed by atoms with Gasteiger partial charge in [0.15, 0.2) is 5.16 Å². The summed E-state index contributed by atoms with van der Waals surface area (Å²) in [4.78, 5) is 12.3. The van der Waals surface area contributed by atoms with Crippen molar-refractivity contribution in [1.29, 1.82) is 0 Å². The Hall–Kier alpha value is -1.82. The molecule has 1 amide bonds. The zero-order chi connectivity index (χ0) is 16.4. The molecule has 1 N–H and O–H groups in total. The average molecular weight is 330 g/mol. The number of thioether (sulfide) groups is 1. The van der Waals surface area contributed by atoms with Crippen LogP contribution in [0.3, 0.4) is 0 Å². The van der Waals surface area contributed by atoms with Crippen LogP contribution < -0.4 is 5.32 Å². The van der Waals surface area contributed by atoms with Crippen molar-refractivity contribution in [3.8, 4) is 0 Å². The van der Waals surface area contributed by atoms with Gasteiger partial charge in [0, 0.05) is 18.2 Å². The number of rotatable bonds is 6. The third kappa shape index (κ3) is 3.58. The lowest BCUT2D eigenvalue weighted by Crippen LogP contribution is -2.16. The number of aromatic nitrogens is 3. The van der Waals surface area contributed by atoms with E-state index in [0.717, 1.165) is 34.3 Å². The van der Waals surface area contributed by atoms with Crippen LogP contribution in [0.4, 0.5) is 5.69 Å². The van der Waals surface area contributed by atoms with E-state index in [2.05, 4.69) is 27.0 Å². The number of benzene rings is 1. The number of carbonyl (C=O) groups is 1. The van der Waals surface area contributed by atoms with Crippen LogP contribution in [-0.4, -0.2) is 26.4 Å². The molecule has 1 aliphatic rings. The van der Waals surface area contributed by atoms with E-state index in [0.29, 0.717) is 11.7 Å². The van der Waals surface area contributed by atoms with Crippen LogP contribution in [0.15, 0.2) is 23.4 Å². The molecule has 0 atom stereocenters. The summed E-state index contributed by atoms with van der Waals surface area (Å²) >= 11 is 1.45. The Kier molecular flexibility index (Phi) is 4.71. The summed E-state index contributed by atoms with van der Waals surface area (Å²) in [7, 11) is 0. The SMILES string of the molecule is CCn1c(SCC(=O)Nc2c(C)cccc2C)nnc1C1CC1. The molecular weight excluding hydrogens is 308 g/mol. The number of nitrogens with zero attached hydrogens (tertiary/aromatic N) is 3. The second kappa shape index (κ2) is 6.74. The van der Waals surface area contributed by atoms with E-state index in [1.54, 1.807) is 0 Å². The predicted molar refractivity (Wildman–Crippen MR) is 92.9 cm³/mol. The second-order valence-corrected chi connectivity index (χ2v) is 6.91. The highest BCUT2D eigenvalue weighted by molar-refractivity contribution is 7.99. The average Bonchev–Trinajstić information content (AvgIpc) is 3.29. The van der Waals surface area contributed by atoms with E-state index < -0.39 is 0 Å². The van der Waals surface area contributed by atoms with Gasteiger partial charge in [-0.15, -0.1) is 10.2 Å². The van der Waals surface area contributed by atoms with Gasteiger partial charge in [0.2, 0.25) is 5.91 Å². The van der Waals surface area contributed by atoms with Gasteiger partial charge in [0.25, 0.3) is 0 Å². The Morgan fingerprint density at radius 2 is 2.00 bits per heavy atom. The standard InChI is InChI=1S/C17H22N4OS/c1-4-21-16(13-8-9-13)19-20-17(21)23-10-14(22)18-15-11(2)6-5-7-12(15)3/h5-7,13H,4,8-10H2,1-3H3,(H,18,22). The molecule has 1 aromatic heterocycles. The molecule has 1 heterocycles. The lowest BCUT2D eigenvalue weighted by Gasteiger charge is -2.11. The summed E-state index contributed by atoms with van der Waals surface area (Å²) < 4.78 is 2.13. The van der Waals surface area contributed by atoms with Crippen LogP contribution >= 0.6 is 11.8 Å². The van der Waals surface area contributed by atoms with Gasteiger partial charge in [0.05, 0.1) is 5.75 Å². The van der Waals surface area contributed by atoms with Gasteiger partial charge in [-0.1, -0.05) is 30.0 Å². The summed E-state index contributed by atoms with van der Waals surface area (Å²) in [6, 6.07) is 6.01. The molecule has 0 bridgehead atoms. The van der Waals surface area contributed by atoms with E-state index in [1.165, 1.54) is 24.6 Å². The number of carbonyl (C=O) groups excluding carboxylic acids is 1. The molecule has 1 aromatic carbocycles. The minimum atomic E-state index is -0.00831. The maximum Gasteiger partial charge on any atom is 0.234 e. The smallest absolute Gasteiger partial charge is 0.234 e. The molecular formula is C17H22N4OS. The van der Waals surface area contributed by atoms with Crippen molar-refractivity contribution in [1.82, 2.24) is 14.8 Å². The molecule has 0 spiro atoms. The van der Waals surface area contributed by atoms with Gasteiger partial charge in [0.1, 0.15) is 5.82 Å². The Labute approximate surface area is 140 Å². The Morgan fingerprint density at radius 3 is 2.61 bits per heavy atom. The number of hydrogen-bond acceptors (Lipinski definition) is 4. The normalized spacial score (nSPS) is 14.0. The quantitative estimate of drug-likeness (QED) is 0.823. The summed E-state index contributed by atoms with van der Waals surface area (Å²) in [6.45, 7) is 6.95. The van der Waals surface area contributed by atoms with Crippen molar-refractivity contribution >= 4 is 23.4 Å². The Bertz CT molecular complexity index is 701. The monoisotopic (exact) mass is 330 g/mol. The first-order chi connectivity index (χ1) is 11.1. The number of aryl methyl sites for hydroxylation is 2. The molecule has 23 heavy (non-hydrogen) atoms. The topological polar surface area (TPSA) is 59.8 Å². The molecule has 1 aliphatic carbocycles. The van der Waals surface area contributed by atoms with Crippen molar-refractivity contribution < 1.29 is 4.79 Å². The third-order valence-electron chi connectivity index (χ3n) is 4.08. The minimum Gasteiger partial charge on any atom is -0.325 e. The molecule has 0 aliphatic heterocycles. The first-order valence-corrected chi connectivity index (χ1v) is 9.00. The Balaban J connectivity index is 1.63. The highest BCUT2D eigenvalue weighted by Gasteiger charge is 2.30. The van der Waals surface area contributed by atoms with Crippen LogP contribution in [0.1, 0.15) is 42.6 Å². The van der Waals surface area contributed by atoms with Crippen molar-refractivity contribution in [2.24, 2.45) is 0 Å². The summed E-state index contributed by atoms with van der Waals surface area (Å²) in [5.74, 6) is 1.98. The molecule has 1 saturated carbocycles. The summed E-state index contributed by atoms with van der Waals surface area (Å²) in [5, 5.41) is 12.4. The zero-order valence-electron chi connectivity index (χ0n) is 13.8. The largest absolute Gasteiger partial charge is 0.325 e. The van der Waals surface area contributed by atoms with Crippen molar-refractivity contribution in [2.75, 3.05) is 11.1 Å². The van der Waals surface area contributed by atoms with E-state index in [9.17, 15) is 4.79 Å². The zero-order valence-corrected chi connectivity index (χ0v) is 14.6. The number of nitrogens with one attached hydrogen (secondary N) is 1. The van der Waals surface area contributed by atoms with Gasteiger partial charge in [-0.05, 0) is 44.7 Å². The molecule has 1 fully saturated rings. The van der Waals surface area contributed by atoms with Crippen LogP contribution in [0, 0.1) is 13.8 Å². The molecule has 122 valence electrons. The molecule has 5 nitrogen and oxygen atoms in total. The number of hydrogen-bond donors (Lipinski definition) is 1. The van der Waals surface area contributed by atoms with Crippen molar-refractivity contribution in [2.45, 2.75) is 51.2 Å². The van der Waals surface area contributed by atoms with Crippen LogP contribution in [0.25, 0.3) is 0 Å². The lowest BCUT2D eigenvalue weighted by atomic mass is 10.1. The van der Waals surface area contributed by atoms with Crippen molar-refractivity contribution in [3.63, 3.8) is 0 Å². The van der Waals surface area contributed by atoms with Crippen molar-refractivity contribution in [3.05, 3.63) is 35.2 Å². The van der Waals surface area contributed by atoms with Gasteiger partial charge >= 0.3 is 0 Å². The maximum atomic E-state index is 12.3. The van der Waals surface area contributed by atoms with Crippen LogP contribution in [0.5, 0.6) is 0 Å². The van der Waals surface area contributed by atoms with Gasteiger partial charge < -0.3 is 9.88 Å². The fourth-order valence-corrected chi connectivity index (χ4v) is 3.47. The van der Waals surface area contributed by atoms with Gasteiger partial charge in [-0.3, -0.25) is 4.79 Å². The second-order valence-electron chi connectivity index (χ2n) is 5.96. The molecule has 6 heteroatoms. The van der Waals surface area contributed by atoms with Crippen LogP contribution in [0.2, 0.25) is 0 Å². The fraction of sp³-hybridized carbons (Fsp3) is 0.471. The molecule has 0 saturated heterocycles. The highest BCUT2D eigenvalue weighted by Crippen LogP contribution is 2.39. The number of anilines is 1. The van der Waals surface area contributed by atoms with E-state index >= 15 is 0 Å². The Morgan fingerprint density at radius 1 is 1.30 bits per heavy atom. The first kappa shape index (κ1) is 16.1. The highest BCUT2D eigenvalue weighted by atomic mass is 32.2. The van der Waals surface area contributed by atoms with E-state index in [-0.39, 0.29) is 5.91 Å². The maximum absolute atomic E-state index is 12.3. The first-order valence-electron chi connectivity index (χ1n) is 8.02. The summed E-state index contributed by atoms with van der Waals surface area (Å²) in [6.07, 6.45) is 2.41. The lowest BCUT2D eigenvalue weighted by molar-refractivity contribution is -0.113.